The molecule has 0 aliphatic carbocycles. The Morgan fingerprint density at radius 1 is 1.33 bits per heavy atom. The SMILES string of the molecule is C[NH+](C)C1CCN(c2ccc(CF)cc2N)CC1. The lowest BCUT2D eigenvalue weighted by molar-refractivity contribution is -0.886. The van der Waals surface area contributed by atoms with Crippen LogP contribution in [0.15, 0.2) is 18.2 Å². The Labute approximate surface area is 108 Å². The van der Waals surface area contributed by atoms with Crippen molar-refractivity contribution in [2.75, 3.05) is 37.8 Å². The molecule has 0 bridgehead atoms. The molecule has 1 heterocycles. The van der Waals surface area contributed by atoms with E-state index in [4.69, 9.17) is 5.73 Å². The second kappa shape index (κ2) is 5.57. The first kappa shape index (κ1) is 13.1. The van der Waals surface area contributed by atoms with E-state index in [2.05, 4.69) is 19.0 Å². The number of quaternary nitrogens is 1. The van der Waals surface area contributed by atoms with E-state index in [9.17, 15) is 4.39 Å². The number of anilines is 2. The van der Waals surface area contributed by atoms with Gasteiger partial charge in [0.25, 0.3) is 0 Å². The summed E-state index contributed by atoms with van der Waals surface area (Å²) in [6, 6.07) is 6.27. The van der Waals surface area contributed by atoms with Crippen LogP contribution >= 0.6 is 0 Å². The van der Waals surface area contributed by atoms with Crippen molar-refractivity contribution in [3.63, 3.8) is 0 Å². The molecule has 1 fully saturated rings. The maximum Gasteiger partial charge on any atom is 0.115 e. The molecule has 0 unspecified atom stereocenters. The fourth-order valence-corrected chi connectivity index (χ4v) is 2.67. The van der Waals surface area contributed by atoms with Crippen molar-refractivity contribution in [2.45, 2.75) is 25.6 Å². The summed E-state index contributed by atoms with van der Waals surface area (Å²) in [7, 11) is 4.43. The highest BCUT2D eigenvalue weighted by Crippen LogP contribution is 2.27. The number of nitrogens with one attached hydrogen (secondary N) is 1. The van der Waals surface area contributed by atoms with Crippen LogP contribution in [-0.2, 0) is 6.67 Å². The molecule has 0 radical (unpaired) electrons. The monoisotopic (exact) mass is 252 g/mol. The van der Waals surface area contributed by atoms with E-state index in [0.717, 1.165) is 24.8 Å². The molecule has 0 spiro atoms. The van der Waals surface area contributed by atoms with Gasteiger partial charge in [-0.15, -0.1) is 0 Å². The van der Waals surface area contributed by atoms with Crippen molar-refractivity contribution in [2.24, 2.45) is 0 Å². The summed E-state index contributed by atoms with van der Waals surface area (Å²) in [5, 5.41) is 0. The van der Waals surface area contributed by atoms with Gasteiger partial charge in [-0.2, -0.15) is 0 Å². The van der Waals surface area contributed by atoms with E-state index >= 15 is 0 Å². The molecule has 3 nitrogen and oxygen atoms in total. The van der Waals surface area contributed by atoms with Crippen molar-refractivity contribution in [3.05, 3.63) is 23.8 Å². The number of alkyl halides is 1. The van der Waals surface area contributed by atoms with Gasteiger partial charge in [0, 0.05) is 25.9 Å². The highest BCUT2D eigenvalue weighted by atomic mass is 19.1. The smallest absolute Gasteiger partial charge is 0.115 e. The van der Waals surface area contributed by atoms with E-state index in [0.29, 0.717) is 11.3 Å². The predicted octanol–water partition coefficient (Wildman–Crippen LogP) is 0.852. The first-order chi connectivity index (χ1) is 8.61. The minimum Gasteiger partial charge on any atom is -0.397 e. The Morgan fingerprint density at radius 3 is 2.50 bits per heavy atom. The fourth-order valence-electron chi connectivity index (χ4n) is 2.67. The zero-order chi connectivity index (χ0) is 13.1. The molecule has 1 aliphatic rings. The molecule has 1 aromatic carbocycles. The van der Waals surface area contributed by atoms with Crippen molar-refractivity contribution >= 4 is 11.4 Å². The molecule has 1 aromatic rings. The lowest BCUT2D eigenvalue weighted by Crippen LogP contribution is -3.10. The average molecular weight is 252 g/mol. The summed E-state index contributed by atoms with van der Waals surface area (Å²) in [4.78, 5) is 3.84. The van der Waals surface area contributed by atoms with Gasteiger partial charge in [-0.3, -0.25) is 0 Å². The van der Waals surface area contributed by atoms with Gasteiger partial charge in [0.1, 0.15) is 6.67 Å². The molecule has 0 atom stereocenters. The molecule has 18 heavy (non-hydrogen) atoms. The van der Waals surface area contributed by atoms with Crippen LogP contribution in [0.1, 0.15) is 18.4 Å². The lowest BCUT2D eigenvalue weighted by Gasteiger charge is -2.35. The van der Waals surface area contributed by atoms with Crippen molar-refractivity contribution in [1.29, 1.82) is 0 Å². The van der Waals surface area contributed by atoms with E-state index in [1.54, 1.807) is 6.07 Å². The first-order valence-corrected chi connectivity index (χ1v) is 6.61. The van der Waals surface area contributed by atoms with Gasteiger partial charge >= 0.3 is 0 Å². The Bertz CT molecular complexity index is 398. The van der Waals surface area contributed by atoms with E-state index in [1.165, 1.54) is 17.7 Å². The standard InChI is InChI=1S/C14H22FN3/c1-17(2)12-5-7-18(8-6-12)14-4-3-11(10-15)9-13(14)16/h3-4,9,12H,5-8,10,16H2,1-2H3/p+1. The van der Waals surface area contributed by atoms with Gasteiger partial charge in [-0.25, -0.2) is 4.39 Å². The number of hydrogen-bond donors (Lipinski definition) is 2. The predicted molar refractivity (Wildman–Crippen MR) is 73.7 cm³/mol. The normalized spacial score (nSPS) is 17.4. The van der Waals surface area contributed by atoms with E-state index < -0.39 is 6.67 Å². The number of nitrogens with zero attached hydrogens (tertiary/aromatic N) is 1. The third-order valence-electron chi connectivity index (χ3n) is 3.90. The minimum absolute atomic E-state index is 0.448. The molecule has 0 amide bonds. The summed E-state index contributed by atoms with van der Waals surface area (Å²) in [5.41, 5.74) is 8.42. The quantitative estimate of drug-likeness (QED) is 0.782. The Kier molecular flexibility index (Phi) is 4.07. The molecule has 4 heteroatoms. The zero-order valence-corrected chi connectivity index (χ0v) is 11.2. The van der Waals surface area contributed by atoms with Crippen molar-refractivity contribution in [3.8, 4) is 0 Å². The fraction of sp³-hybridized carbons (Fsp3) is 0.571. The van der Waals surface area contributed by atoms with Crippen LogP contribution in [0.5, 0.6) is 0 Å². The molecule has 1 saturated heterocycles. The van der Waals surface area contributed by atoms with Gasteiger partial charge < -0.3 is 15.5 Å². The van der Waals surface area contributed by atoms with Crippen LogP contribution in [0.25, 0.3) is 0 Å². The number of hydrogen-bond acceptors (Lipinski definition) is 2. The van der Waals surface area contributed by atoms with Gasteiger partial charge in [-0.05, 0) is 17.7 Å². The Morgan fingerprint density at radius 2 is 2.00 bits per heavy atom. The highest BCUT2D eigenvalue weighted by Gasteiger charge is 2.24. The average Bonchev–Trinajstić information content (AvgIpc) is 2.38. The molecular formula is C14H23FN3+. The molecule has 0 aromatic heterocycles. The van der Waals surface area contributed by atoms with E-state index in [1.807, 2.05) is 12.1 Å². The summed E-state index contributed by atoms with van der Waals surface area (Å²) >= 11 is 0. The van der Waals surface area contributed by atoms with Crippen LogP contribution in [0, 0.1) is 0 Å². The molecule has 2 rings (SSSR count). The highest BCUT2D eigenvalue weighted by molar-refractivity contribution is 5.68. The molecular weight excluding hydrogens is 229 g/mol. The largest absolute Gasteiger partial charge is 0.397 e. The van der Waals surface area contributed by atoms with Gasteiger partial charge in [-0.1, -0.05) is 6.07 Å². The number of rotatable bonds is 3. The molecule has 0 saturated carbocycles. The number of halogens is 1. The van der Waals surface area contributed by atoms with Gasteiger partial charge in [0.05, 0.1) is 31.5 Å². The van der Waals surface area contributed by atoms with Gasteiger partial charge in [0.15, 0.2) is 0 Å². The number of benzene rings is 1. The second-order valence-corrected chi connectivity index (χ2v) is 5.37. The summed E-state index contributed by atoms with van der Waals surface area (Å²) < 4.78 is 12.5. The Hall–Kier alpha value is -1.29. The maximum atomic E-state index is 12.5. The maximum absolute atomic E-state index is 12.5. The topological polar surface area (TPSA) is 33.7 Å². The lowest BCUT2D eigenvalue weighted by atomic mass is 10.0. The van der Waals surface area contributed by atoms with Crippen LogP contribution in [0.3, 0.4) is 0 Å². The molecule has 3 N–H and O–H groups in total. The van der Waals surface area contributed by atoms with Crippen LogP contribution in [0.2, 0.25) is 0 Å². The zero-order valence-electron chi connectivity index (χ0n) is 11.2. The van der Waals surface area contributed by atoms with Crippen LogP contribution in [0.4, 0.5) is 15.8 Å². The first-order valence-electron chi connectivity index (χ1n) is 6.61. The summed E-state index contributed by atoms with van der Waals surface area (Å²) in [6.45, 7) is 1.63. The number of nitrogen functional groups attached to an aromatic ring is 1. The van der Waals surface area contributed by atoms with E-state index in [-0.39, 0.29) is 0 Å². The van der Waals surface area contributed by atoms with Gasteiger partial charge in [0.2, 0.25) is 0 Å². The second-order valence-electron chi connectivity index (χ2n) is 5.37. The number of piperidine rings is 1. The van der Waals surface area contributed by atoms with Crippen molar-refractivity contribution in [1.82, 2.24) is 0 Å². The van der Waals surface area contributed by atoms with Crippen molar-refractivity contribution < 1.29 is 9.29 Å². The summed E-state index contributed by atoms with van der Waals surface area (Å²) in [5.74, 6) is 0. The Balaban J connectivity index is 2.05. The molecule has 100 valence electrons. The number of nitrogens with two attached hydrogens (primary N) is 1. The molecule has 1 aliphatic heterocycles. The summed E-state index contributed by atoms with van der Waals surface area (Å²) in [6.07, 6.45) is 2.37. The minimum atomic E-state index is -0.448. The third-order valence-corrected chi connectivity index (χ3v) is 3.90. The van der Waals surface area contributed by atoms with Crippen LogP contribution in [-0.4, -0.2) is 33.2 Å². The van der Waals surface area contributed by atoms with Crippen LogP contribution < -0.4 is 15.5 Å². The third kappa shape index (κ3) is 2.75.